The molecule has 1 aliphatic rings. The second kappa shape index (κ2) is 2.85. The van der Waals surface area contributed by atoms with E-state index in [-0.39, 0.29) is 6.10 Å². The normalized spacial score (nSPS) is 25.6. The highest BCUT2D eigenvalue weighted by Crippen LogP contribution is 2.38. The van der Waals surface area contributed by atoms with Crippen LogP contribution >= 0.6 is 0 Å². The van der Waals surface area contributed by atoms with Gasteiger partial charge in [-0.05, 0) is 12.5 Å². The van der Waals surface area contributed by atoms with E-state index >= 15 is 0 Å². The highest BCUT2D eigenvalue weighted by molar-refractivity contribution is 5.76. The third kappa shape index (κ3) is 1.55. The molecular weight excluding hydrogens is 168 g/mol. The minimum atomic E-state index is -0.883. The smallest absolute Gasteiger partial charge is 0.335 e. The van der Waals surface area contributed by atoms with Gasteiger partial charge < -0.3 is 9.84 Å². The maximum Gasteiger partial charge on any atom is 0.335 e. The van der Waals surface area contributed by atoms with Gasteiger partial charge in [-0.1, -0.05) is 29.8 Å². The second-order valence-corrected chi connectivity index (χ2v) is 3.23. The van der Waals surface area contributed by atoms with E-state index in [0.29, 0.717) is 0 Å². The van der Waals surface area contributed by atoms with E-state index in [2.05, 4.69) is 0 Å². The first-order valence-electron chi connectivity index (χ1n) is 4.13. The van der Waals surface area contributed by atoms with Gasteiger partial charge in [-0.15, -0.1) is 0 Å². The molecule has 0 aromatic heterocycles. The van der Waals surface area contributed by atoms with Gasteiger partial charge in [0.2, 0.25) is 0 Å². The zero-order valence-corrected chi connectivity index (χ0v) is 7.23. The molecule has 0 unspecified atom stereocenters. The molecule has 1 saturated heterocycles. The number of carboxylic acids is 1. The Morgan fingerprint density at radius 3 is 2.85 bits per heavy atom. The maximum absolute atomic E-state index is 10.5. The highest BCUT2D eigenvalue weighted by Gasteiger charge is 2.46. The molecule has 2 rings (SSSR count). The predicted octanol–water partition coefficient (Wildman–Crippen LogP) is 1.52. The number of hydrogen-bond acceptors (Lipinski definition) is 2. The third-order valence-corrected chi connectivity index (χ3v) is 2.11. The van der Waals surface area contributed by atoms with Crippen LogP contribution in [0.2, 0.25) is 0 Å². The molecule has 1 fully saturated rings. The molecule has 0 aliphatic carbocycles. The van der Waals surface area contributed by atoms with Crippen LogP contribution in [0.15, 0.2) is 24.3 Å². The number of ether oxygens (including phenoxy) is 1. The maximum atomic E-state index is 10.5. The quantitative estimate of drug-likeness (QED) is 0.698. The fourth-order valence-electron chi connectivity index (χ4n) is 1.40. The average Bonchev–Trinajstić information content (AvgIpc) is 2.82. The lowest BCUT2D eigenvalue weighted by Gasteiger charge is -1.96. The molecule has 0 radical (unpaired) electrons. The molecule has 68 valence electrons. The number of rotatable bonds is 2. The monoisotopic (exact) mass is 178 g/mol. The molecule has 13 heavy (non-hydrogen) atoms. The Morgan fingerprint density at radius 2 is 2.31 bits per heavy atom. The number of aliphatic carboxylic acids is 1. The standard InChI is InChI=1S/C10H10O3/c1-6-3-2-4-7(5-6)8-9(13-8)10(11)12/h2-5,8-9H,1H3,(H,11,12)/t8-,9+/m1/s1. The molecule has 2 atom stereocenters. The molecule has 1 N–H and O–H groups in total. The molecule has 3 heteroatoms. The van der Waals surface area contributed by atoms with Gasteiger partial charge in [-0.3, -0.25) is 0 Å². The van der Waals surface area contributed by atoms with Crippen molar-refractivity contribution in [2.24, 2.45) is 0 Å². The Morgan fingerprint density at radius 1 is 1.54 bits per heavy atom. The van der Waals surface area contributed by atoms with Crippen LogP contribution in [0.3, 0.4) is 0 Å². The summed E-state index contributed by atoms with van der Waals surface area (Å²) >= 11 is 0. The summed E-state index contributed by atoms with van der Waals surface area (Å²) in [6.07, 6.45) is -0.876. The lowest BCUT2D eigenvalue weighted by atomic mass is 10.1. The second-order valence-electron chi connectivity index (χ2n) is 3.23. The largest absolute Gasteiger partial charge is 0.479 e. The van der Waals surface area contributed by atoms with Crippen molar-refractivity contribution in [3.8, 4) is 0 Å². The van der Waals surface area contributed by atoms with E-state index in [1.54, 1.807) is 0 Å². The molecule has 1 aromatic rings. The van der Waals surface area contributed by atoms with Crippen molar-refractivity contribution in [2.75, 3.05) is 0 Å². The van der Waals surface area contributed by atoms with Crippen LogP contribution in [0.25, 0.3) is 0 Å². The van der Waals surface area contributed by atoms with Gasteiger partial charge in [-0.25, -0.2) is 4.79 Å². The Kier molecular flexibility index (Phi) is 1.81. The molecule has 1 aromatic carbocycles. The lowest BCUT2D eigenvalue weighted by Crippen LogP contribution is -2.04. The van der Waals surface area contributed by atoms with Gasteiger partial charge >= 0.3 is 5.97 Å². The highest BCUT2D eigenvalue weighted by atomic mass is 16.6. The van der Waals surface area contributed by atoms with Crippen molar-refractivity contribution >= 4 is 5.97 Å². The Labute approximate surface area is 76.0 Å². The van der Waals surface area contributed by atoms with E-state index in [9.17, 15) is 4.79 Å². The Bertz CT molecular complexity index is 346. The summed E-state index contributed by atoms with van der Waals surface area (Å²) in [5.41, 5.74) is 2.07. The first-order chi connectivity index (χ1) is 6.18. The van der Waals surface area contributed by atoms with Crippen LogP contribution in [-0.4, -0.2) is 17.2 Å². The van der Waals surface area contributed by atoms with E-state index < -0.39 is 12.1 Å². The Balaban J connectivity index is 2.16. The van der Waals surface area contributed by atoms with Crippen molar-refractivity contribution in [3.05, 3.63) is 35.4 Å². The summed E-state index contributed by atoms with van der Waals surface area (Å²) in [4.78, 5) is 10.5. The van der Waals surface area contributed by atoms with Crippen molar-refractivity contribution in [1.29, 1.82) is 0 Å². The van der Waals surface area contributed by atoms with Crippen LogP contribution < -0.4 is 0 Å². The van der Waals surface area contributed by atoms with Crippen molar-refractivity contribution in [1.82, 2.24) is 0 Å². The van der Waals surface area contributed by atoms with Crippen molar-refractivity contribution in [3.63, 3.8) is 0 Å². The summed E-state index contributed by atoms with van der Waals surface area (Å²) < 4.78 is 5.02. The summed E-state index contributed by atoms with van der Waals surface area (Å²) in [6, 6.07) is 7.72. The average molecular weight is 178 g/mol. The summed E-state index contributed by atoms with van der Waals surface area (Å²) in [6.45, 7) is 1.97. The third-order valence-electron chi connectivity index (χ3n) is 2.11. The summed E-state index contributed by atoms with van der Waals surface area (Å²) in [7, 11) is 0. The number of carbonyl (C=O) groups is 1. The molecule has 0 bridgehead atoms. The van der Waals surface area contributed by atoms with E-state index in [1.807, 2.05) is 31.2 Å². The predicted molar refractivity (Wildman–Crippen MR) is 46.4 cm³/mol. The minimum absolute atomic E-state index is 0.239. The molecule has 0 spiro atoms. The topological polar surface area (TPSA) is 49.8 Å². The lowest BCUT2D eigenvalue weighted by molar-refractivity contribution is -0.138. The molecule has 0 saturated carbocycles. The molecule has 1 heterocycles. The zero-order valence-electron chi connectivity index (χ0n) is 7.23. The fraction of sp³-hybridized carbons (Fsp3) is 0.300. The van der Waals surface area contributed by atoms with Gasteiger partial charge in [0.15, 0.2) is 6.10 Å². The van der Waals surface area contributed by atoms with E-state index in [0.717, 1.165) is 11.1 Å². The van der Waals surface area contributed by atoms with Gasteiger partial charge in [0, 0.05) is 0 Å². The zero-order chi connectivity index (χ0) is 9.42. The van der Waals surface area contributed by atoms with E-state index in [1.165, 1.54) is 0 Å². The molecule has 0 amide bonds. The number of hydrogen-bond donors (Lipinski definition) is 1. The minimum Gasteiger partial charge on any atom is -0.479 e. The van der Waals surface area contributed by atoms with Crippen LogP contribution in [-0.2, 0) is 9.53 Å². The summed E-state index contributed by atoms with van der Waals surface area (Å²) in [5, 5.41) is 8.63. The number of carboxylic acid groups (broad SMARTS) is 1. The molecule has 3 nitrogen and oxygen atoms in total. The van der Waals surface area contributed by atoms with Gasteiger partial charge in [0.25, 0.3) is 0 Å². The first kappa shape index (κ1) is 8.26. The molecular formula is C10H10O3. The SMILES string of the molecule is Cc1cccc([C@H]2O[C@@H]2C(=O)O)c1. The van der Waals surface area contributed by atoms with Crippen molar-refractivity contribution in [2.45, 2.75) is 19.1 Å². The number of epoxide rings is 1. The van der Waals surface area contributed by atoms with E-state index in [4.69, 9.17) is 9.84 Å². The number of benzene rings is 1. The van der Waals surface area contributed by atoms with Gasteiger partial charge in [0.05, 0.1) is 0 Å². The van der Waals surface area contributed by atoms with Gasteiger partial charge in [0.1, 0.15) is 6.10 Å². The first-order valence-corrected chi connectivity index (χ1v) is 4.13. The van der Waals surface area contributed by atoms with Crippen LogP contribution in [0.4, 0.5) is 0 Å². The van der Waals surface area contributed by atoms with Crippen LogP contribution in [0.1, 0.15) is 17.2 Å². The number of aryl methyl sites for hydroxylation is 1. The fourth-order valence-corrected chi connectivity index (χ4v) is 1.40. The Hall–Kier alpha value is -1.35. The summed E-state index contributed by atoms with van der Waals surface area (Å²) in [5.74, 6) is -0.883. The van der Waals surface area contributed by atoms with Gasteiger partial charge in [-0.2, -0.15) is 0 Å². The molecule has 1 aliphatic heterocycles. The van der Waals surface area contributed by atoms with Crippen molar-refractivity contribution < 1.29 is 14.6 Å². The van der Waals surface area contributed by atoms with Crippen LogP contribution in [0, 0.1) is 6.92 Å². The van der Waals surface area contributed by atoms with Crippen LogP contribution in [0.5, 0.6) is 0 Å².